The maximum absolute atomic E-state index is 8.78. The quantitative estimate of drug-likeness (QED) is 0.908. The van der Waals surface area contributed by atoms with Gasteiger partial charge in [0.05, 0.1) is 33.7 Å². The van der Waals surface area contributed by atoms with Crippen LogP contribution in [0, 0.1) is 25.2 Å². The molecule has 1 aromatic heterocycles. The number of anilines is 2. The molecule has 0 spiro atoms. The number of rotatable bonds is 2. The third-order valence-electron chi connectivity index (χ3n) is 2.62. The molecule has 0 aliphatic rings. The summed E-state index contributed by atoms with van der Waals surface area (Å²) in [5.74, 6) is 0.441. The molecule has 0 atom stereocenters. The molecule has 0 amide bonds. The van der Waals surface area contributed by atoms with E-state index in [-0.39, 0.29) is 5.15 Å². The van der Waals surface area contributed by atoms with E-state index >= 15 is 0 Å². The topological polar surface area (TPSA) is 61.6 Å². The minimum absolute atomic E-state index is 0.281. The highest BCUT2D eigenvalue weighted by molar-refractivity contribution is 6.34. The van der Waals surface area contributed by atoms with Gasteiger partial charge in [0.15, 0.2) is 11.0 Å². The molecule has 0 aliphatic heterocycles. The van der Waals surface area contributed by atoms with Crippen molar-refractivity contribution in [3.05, 3.63) is 45.3 Å². The second-order valence-electron chi connectivity index (χ2n) is 3.97. The van der Waals surface area contributed by atoms with E-state index in [2.05, 4.69) is 15.3 Å². The lowest BCUT2D eigenvalue weighted by Gasteiger charge is -2.10. The first-order chi connectivity index (χ1) is 9.01. The third kappa shape index (κ3) is 2.95. The number of aromatic nitrogens is 2. The molecule has 19 heavy (non-hydrogen) atoms. The van der Waals surface area contributed by atoms with Gasteiger partial charge in [0.1, 0.15) is 0 Å². The Hall–Kier alpha value is -1.83. The molecular formula is C13H10Cl2N4. The van der Waals surface area contributed by atoms with Crippen molar-refractivity contribution in [2.24, 2.45) is 0 Å². The summed E-state index contributed by atoms with van der Waals surface area (Å²) in [7, 11) is 0. The molecule has 6 heteroatoms. The average Bonchev–Trinajstić information content (AvgIpc) is 2.38. The molecule has 1 N–H and O–H groups in total. The van der Waals surface area contributed by atoms with Crippen LogP contribution < -0.4 is 5.32 Å². The fourth-order valence-corrected chi connectivity index (χ4v) is 1.91. The number of nitrogens with zero attached hydrogens (tertiary/aromatic N) is 3. The van der Waals surface area contributed by atoms with E-state index in [1.807, 2.05) is 19.9 Å². The SMILES string of the molecule is Cc1nc(Cl)c(Nc2ccc(C#N)cc2Cl)nc1C. The van der Waals surface area contributed by atoms with Gasteiger partial charge in [-0.25, -0.2) is 9.97 Å². The van der Waals surface area contributed by atoms with Crippen LogP contribution in [-0.4, -0.2) is 9.97 Å². The summed E-state index contributed by atoms with van der Waals surface area (Å²) >= 11 is 12.1. The Morgan fingerprint density at radius 1 is 1.16 bits per heavy atom. The van der Waals surface area contributed by atoms with Crippen molar-refractivity contribution in [1.82, 2.24) is 9.97 Å². The van der Waals surface area contributed by atoms with Crippen LogP contribution >= 0.6 is 23.2 Å². The molecule has 0 unspecified atom stereocenters. The van der Waals surface area contributed by atoms with Crippen molar-refractivity contribution in [3.63, 3.8) is 0 Å². The Morgan fingerprint density at radius 3 is 2.47 bits per heavy atom. The van der Waals surface area contributed by atoms with Crippen LogP contribution in [0.5, 0.6) is 0 Å². The number of nitriles is 1. The molecule has 0 bridgehead atoms. The van der Waals surface area contributed by atoms with E-state index in [9.17, 15) is 0 Å². The monoisotopic (exact) mass is 292 g/mol. The number of aryl methyl sites for hydroxylation is 2. The van der Waals surface area contributed by atoms with E-state index < -0.39 is 0 Å². The highest BCUT2D eigenvalue weighted by Gasteiger charge is 2.09. The van der Waals surface area contributed by atoms with Crippen LogP contribution in [0.1, 0.15) is 17.0 Å². The number of nitrogens with one attached hydrogen (secondary N) is 1. The van der Waals surface area contributed by atoms with E-state index in [0.717, 1.165) is 11.4 Å². The van der Waals surface area contributed by atoms with Gasteiger partial charge in [0, 0.05) is 0 Å². The van der Waals surface area contributed by atoms with Gasteiger partial charge in [-0.2, -0.15) is 5.26 Å². The Kier molecular flexibility index (Phi) is 3.89. The van der Waals surface area contributed by atoms with Gasteiger partial charge in [-0.1, -0.05) is 23.2 Å². The second-order valence-corrected chi connectivity index (χ2v) is 4.73. The summed E-state index contributed by atoms with van der Waals surface area (Å²) in [6.07, 6.45) is 0. The number of hydrogen-bond donors (Lipinski definition) is 1. The van der Waals surface area contributed by atoms with Gasteiger partial charge in [-0.05, 0) is 32.0 Å². The van der Waals surface area contributed by atoms with Crippen molar-refractivity contribution >= 4 is 34.7 Å². The molecule has 2 aromatic rings. The lowest BCUT2D eigenvalue weighted by Crippen LogP contribution is -2.01. The minimum Gasteiger partial charge on any atom is -0.336 e. The van der Waals surface area contributed by atoms with Crippen molar-refractivity contribution in [3.8, 4) is 6.07 Å². The number of benzene rings is 1. The number of halogens is 2. The van der Waals surface area contributed by atoms with Gasteiger partial charge in [0.25, 0.3) is 0 Å². The van der Waals surface area contributed by atoms with Gasteiger partial charge in [0.2, 0.25) is 0 Å². The van der Waals surface area contributed by atoms with Gasteiger partial charge < -0.3 is 5.32 Å². The zero-order chi connectivity index (χ0) is 14.0. The summed E-state index contributed by atoms with van der Waals surface area (Å²) in [5.41, 5.74) is 2.69. The van der Waals surface area contributed by atoms with Crippen molar-refractivity contribution < 1.29 is 0 Å². The predicted molar refractivity (Wildman–Crippen MR) is 76.0 cm³/mol. The van der Waals surface area contributed by atoms with Gasteiger partial charge in [-0.3, -0.25) is 0 Å². The highest BCUT2D eigenvalue weighted by atomic mass is 35.5. The van der Waals surface area contributed by atoms with Crippen LogP contribution in [0.4, 0.5) is 11.5 Å². The molecule has 0 aliphatic carbocycles. The predicted octanol–water partition coefficient (Wildman–Crippen LogP) is 4.02. The molecule has 0 saturated carbocycles. The zero-order valence-corrected chi connectivity index (χ0v) is 11.8. The molecule has 1 heterocycles. The summed E-state index contributed by atoms with van der Waals surface area (Å²) in [6.45, 7) is 3.69. The van der Waals surface area contributed by atoms with Crippen LogP contribution in [0.25, 0.3) is 0 Å². The molecule has 96 valence electrons. The van der Waals surface area contributed by atoms with Crippen molar-refractivity contribution in [2.75, 3.05) is 5.32 Å². The average molecular weight is 293 g/mol. The molecule has 2 rings (SSSR count). The van der Waals surface area contributed by atoms with Crippen LogP contribution in [0.15, 0.2) is 18.2 Å². The van der Waals surface area contributed by atoms with E-state index in [1.165, 1.54) is 0 Å². The maximum Gasteiger partial charge on any atom is 0.172 e. The highest BCUT2D eigenvalue weighted by Crippen LogP contribution is 2.28. The largest absolute Gasteiger partial charge is 0.336 e. The van der Waals surface area contributed by atoms with Crippen molar-refractivity contribution in [2.45, 2.75) is 13.8 Å². The van der Waals surface area contributed by atoms with Crippen molar-refractivity contribution in [1.29, 1.82) is 5.26 Å². The van der Waals surface area contributed by atoms with Crippen LogP contribution in [0.3, 0.4) is 0 Å². The standard InChI is InChI=1S/C13H10Cl2N4/c1-7-8(2)18-13(12(15)17-7)19-11-4-3-9(6-16)5-10(11)14/h3-5H,1-2H3,(H,18,19). The van der Waals surface area contributed by atoms with E-state index in [1.54, 1.807) is 18.2 Å². The second kappa shape index (κ2) is 5.43. The van der Waals surface area contributed by atoms with Gasteiger partial charge >= 0.3 is 0 Å². The molecule has 0 saturated heterocycles. The molecule has 0 fully saturated rings. The summed E-state index contributed by atoms with van der Waals surface area (Å²) in [5, 5.41) is 12.5. The van der Waals surface area contributed by atoms with Crippen LogP contribution in [0.2, 0.25) is 10.2 Å². The summed E-state index contributed by atoms with van der Waals surface area (Å²) in [4.78, 5) is 8.50. The zero-order valence-electron chi connectivity index (χ0n) is 10.3. The minimum atomic E-state index is 0.281. The first kappa shape index (κ1) is 13.6. The Labute approximate surface area is 121 Å². The lowest BCUT2D eigenvalue weighted by molar-refractivity contribution is 1.05. The van der Waals surface area contributed by atoms with Crippen LogP contribution in [-0.2, 0) is 0 Å². The molecular weight excluding hydrogens is 283 g/mol. The molecule has 1 aromatic carbocycles. The lowest BCUT2D eigenvalue weighted by atomic mass is 10.2. The first-order valence-electron chi connectivity index (χ1n) is 5.48. The Balaban J connectivity index is 2.37. The normalized spacial score (nSPS) is 10.1. The fourth-order valence-electron chi connectivity index (χ4n) is 1.47. The van der Waals surface area contributed by atoms with E-state index in [4.69, 9.17) is 28.5 Å². The Morgan fingerprint density at radius 2 is 1.84 bits per heavy atom. The fraction of sp³-hybridized carbons (Fsp3) is 0.154. The smallest absolute Gasteiger partial charge is 0.172 e. The molecule has 0 radical (unpaired) electrons. The Bertz CT molecular complexity index is 677. The van der Waals surface area contributed by atoms with E-state index in [0.29, 0.717) is 22.1 Å². The summed E-state index contributed by atoms with van der Waals surface area (Å²) < 4.78 is 0. The third-order valence-corrected chi connectivity index (χ3v) is 3.19. The number of hydrogen-bond acceptors (Lipinski definition) is 4. The van der Waals surface area contributed by atoms with Gasteiger partial charge in [-0.15, -0.1) is 0 Å². The summed E-state index contributed by atoms with van der Waals surface area (Å²) in [6, 6.07) is 6.96. The molecule has 4 nitrogen and oxygen atoms in total. The first-order valence-corrected chi connectivity index (χ1v) is 6.24. The maximum atomic E-state index is 8.78.